The van der Waals surface area contributed by atoms with Crippen LogP contribution >= 0.6 is 15.9 Å². The molecule has 3 nitrogen and oxygen atoms in total. The van der Waals surface area contributed by atoms with Gasteiger partial charge in [-0.05, 0) is 12.0 Å². The third-order valence-electron chi connectivity index (χ3n) is 2.69. The van der Waals surface area contributed by atoms with E-state index in [1.807, 2.05) is 24.3 Å². The van der Waals surface area contributed by atoms with E-state index in [9.17, 15) is 0 Å². The van der Waals surface area contributed by atoms with Crippen LogP contribution < -0.4 is 5.73 Å². The molecule has 0 amide bonds. The highest BCUT2D eigenvalue weighted by Gasteiger charge is 2.14. The van der Waals surface area contributed by atoms with E-state index in [1.165, 1.54) is 0 Å². The summed E-state index contributed by atoms with van der Waals surface area (Å²) in [7, 11) is 0. The van der Waals surface area contributed by atoms with E-state index in [0.717, 1.165) is 27.2 Å². The molecule has 0 aliphatic carbocycles. The molecule has 0 unspecified atom stereocenters. The Morgan fingerprint density at radius 2 is 2.06 bits per heavy atom. The zero-order valence-electron chi connectivity index (χ0n) is 10.00. The van der Waals surface area contributed by atoms with Crippen molar-refractivity contribution in [3.8, 4) is 11.4 Å². The molecule has 0 fully saturated rings. The van der Waals surface area contributed by atoms with Gasteiger partial charge in [0.05, 0.1) is 11.4 Å². The number of nitrogens with two attached hydrogens (primary N) is 1. The van der Waals surface area contributed by atoms with Gasteiger partial charge in [-0.25, -0.2) is 4.98 Å². The largest absolute Gasteiger partial charge is 0.341 e. The van der Waals surface area contributed by atoms with Crippen LogP contribution in [-0.2, 0) is 6.54 Å². The number of aromatic amines is 1. The van der Waals surface area contributed by atoms with Gasteiger partial charge in [0.15, 0.2) is 0 Å². The van der Waals surface area contributed by atoms with Crippen molar-refractivity contribution in [2.75, 3.05) is 0 Å². The van der Waals surface area contributed by atoms with Crippen LogP contribution in [0.25, 0.3) is 11.4 Å². The van der Waals surface area contributed by atoms with Gasteiger partial charge in [0.2, 0.25) is 0 Å². The molecule has 2 aromatic rings. The Kier molecular flexibility index (Phi) is 3.64. The fourth-order valence-corrected chi connectivity index (χ4v) is 2.31. The number of aromatic nitrogens is 2. The van der Waals surface area contributed by atoms with E-state index in [0.29, 0.717) is 12.5 Å². The van der Waals surface area contributed by atoms with E-state index < -0.39 is 0 Å². The van der Waals surface area contributed by atoms with Gasteiger partial charge in [0, 0.05) is 16.6 Å². The van der Waals surface area contributed by atoms with Crippen LogP contribution in [0.4, 0.5) is 0 Å². The summed E-state index contributed by atoms with van der Waals surface area (Å²) in [5.74, 6) is 1.25. The monoisotopic (exact) mass is 293 g/mol. The highest BCUT2D eigenvalue weighted by molar-refractivity contribution is 9.10. The molecular formula is C13H16BrN3. The molecule has 17 heavy (non-hydrogen) atoms. The average molecular weight is 294 g/mol. The SMILES string of the molecule is CC(C)c1nc(-c2ccccc2Br)[nH]c1CN. The van der Waals surface area contributed by atoms with Crippen LogP contribution in [0.3, 0.4) is 0 Å². The summed E-state index contributed by atoms with van der Waals surface area (Å²) >= 11 is 3.53. The predicted molar refractivity (Wildman–Crippen MR) is 73.7 cm³/mol. The van der Waals surface area contributed by atoms with Crippen molar-refractivity contribution in [1.29, 1.82) is 0 Å². The van der Waals surface area contributed by atoms with Gasteiger partial charge >= 0.3 is 0 Å². The lowest BCUT2D eigenvalue weighted by atomic mass is 10.1. The number of nitrogens with zero attached hydrogens (tertiary/aromatic N) is 1. The standard InChI is InChI=1S/C13H16BrN3/c1-8(2)12-11(7-15)16-13(17-12)9-5-3-4-6-10(9)14/h3-6,8H,7,15H2,1-2H3,(H,16,17). The van der Waals surface area contributed by atoms with Crippen LogP contribution in [0, 0.1) is 0 Å². The van der Waals surface area contributed by atoms with Crippen LogP contribution in [0.2, 0.25) is 0 Å². The second-order valence-electron chi connectivity index (χ2n) is 4.29. The summed E-state index contributed by atoms with van der Waals surface area (Å²) in [5, 5.41) is 0. The normalized spacial score (nSPS) is 11.1. The number of hydrogen-bond donors (Lipinski definition) is 2. The fourth-order valence-electron chi connectivity index (χ4n) is 1.84. The maximum Gasteiger partial charge on any atom is 0.139 e. The van der Waals surface area contributed by atoms with Gasteiger partial charge in [-0.15, -0.1) is 0 Å². The number of imidazole rings is 1. The first-order valence-electron chi connectivity index (χ1n) is 5.67. The molecule has 1 aromatic heterocycles. The summed E-state index contributed by atoms with van der Waals surface area (Å²) in [6.45, 7) is 4.74. The van der Waals surface area contributed by atoms with Crippen molar-refractivity contribution in [3.63, 3.8) is 0 Å². The number of nitrogens with one attached hydrogen (secondary N) is 1. The molecule has 0 aliphatic heterocycles. The first-order chi connectivity index (χ1) is 8.13. The molecule has 0 radical (unpaired) electrons. The zero-order chi connectivity index (χ0) is 12.4. The minimum absolute atomic E-state index is 0.376. The van der Waals surface area contributed by atoms with Gasteiger partial charge in [-0.1, -0.05) is 48.0 Å². The van der Waals surface area contributed by atoms with E-state index in [1.54, 1.807) is 0 Å². The second kappa shape index (κ2) is 5.02. The maximum atomic E-state index is 5.73. The molecule has 1 aromatic carbocycles. The van der Waals surface area contributed by atoms with Crippen LogP contribution in [0.1, 0.15) is 31.2 Å². The fraction of sp³-hybridized carbons (Fsp3) is 0.308. The first kappa shape index (κ1) is 12.3. The predicted octanol–water partition coefficient (Wildman–Crippen LogP) is 3.42. The molecule has 2 rings (SSSR count). The molecule has 90 valence electrons. The summed E-state index contributed by atoms with van der Waals surface area (Å²) in [4.78, 5) is 7.95. The van der Waals surface area contributed by atoms with E-state index >= 15 is 0 Å². The minimum atomic E-state index is 0.376. The Balaban J connectivity index is 2.51. The summed E-state index contributed by atoms with van der Waals surface area (Å²) in [5.41, 5.74) is 8.87. The van der Waals surface area contributed by atoms with E-state index in [-0.39, 0.29) is 0 Å². The van der Waals surface area contributed by atoms with Crippen molar-refractivity contribution in [3.05, 3.63) is 40.1 Å². The highest BCUT2D eigenvalue weighted by atomic mass is 79.9. The molecule has 1 heterocycles. The molecule has 4 heteroatoms. The third kappa shape index (κ3) is 2.42. The van der Waals surface area contributed by atoms with Gasteiger partial charge in [-0.3, -0.25) is 0 Å². The van der Waals surface area contributed by atoms with Crippen molar-refractivity contribution < 1.29 is 0 Å². The lowest BCUT2D eigenvalue weighted by molar-refractivity contribution is 0.806. The summed E-state index contributed by atoms with van der Waals surface area (Å²) in [6.07, 6.45) is 0. The number of rotatable bonds is 3. The van der Waals surface area contributed by atoms with Gasteiger partial charge in [0.1, 0.15) is 5.82 Å². The third-order valence-corrected chi connectivity index (χ3v) is 3.38. The van der Waals surface area contributed by atoms with Crippen molar-refractivity contribution in [2.24, 2.45) is 5.73 Å². The molecule has 0 atom stereocenters. The van der Waals surface area contributed by atoms with Crippen molar-refractivity contribution in [1.82, 2.24) is 9.97 Å². The van der Waals surface area contributed by atoms with Crippen LogP contribution in [0.5, 0.6) is 0 Å². The Morgan fingerprint density at radius 3 is 2.59 bits per heavy atom. The lowest BCUT2D eigenvalue weighted by Crippen LogP contribution is -2.02. The van der Waals surface area contributed by atoms with Crippen molar-refractivity contribution in [2.45, 2.75) is 26.3 Å². The molecule has 3 N–H and O–H groups in total. The Morgan fingerprint density at radius 1 is 1.35 bits per heavy atom. The second-order valence-corrected chi connectivity index (χ2v) is 5.14. The number of H-pyrrole nitrogens is 1. The quantitative estimate of drug-likeness (QED) is 0.911. The Bertz CT molecular complexity index is 517. The molecule has 0 saturated heterocycles. The van der Waals surface area contributed by atoms with E-state index in [4.69, 9.17) is 5.73 Å². The van der Waals surface area contributed by atoms with E-state index in [2.05, 4.69) is 39.7 Å². The smallest absolute Gasteiger partial charge is 0.139 e. The average Bonchev–Trinajstić information content (AvgIpc) is 2.73. The summed E-state index contributed by atoms with van der Waals surface area (Å²) < 4.78 is 1.03. The Hall–Kier alpha value is -1.13. The first-order valence-corrected chi connectivity index (χ1v) is 6.46. The molecule has 0 aliphatic rings. The van der Waals surface area contributed by atoms with Gasteiger partial charge < -0.3 is 10.7 Å². The van der Waals surface area contributed by atoms with Crippen LogP contribution in [-0.4, -0.2) is 9.97 Å². The van der Waals surface area contributed by atoms with Gasteiger partial charge in [0.25, 0.3) is 0 Å². The minimum Gasteiger partial charge on any atom is -0.341 e. The molecule has 0 spiro atoms. The Labute approximate surface area is 110 Å². The zero-order valence-corrected chi connectivity index (χ0v) is 11.6. The van der Waals surface area contributed by atoms with Gasteiger partial charge in [-0.2, -0.15) is 0 Å². The number of benzene rings is 1. The number of hydrogen-bond acceptors (Lipinski definition) is 2. The molecule has 0 saturated carbocycles. The highest BCUT2D eigenvalue weighted by Crippen LogP contribution is 2.28. The topological polar surface area (TPSA) is 54.7 Å². The van der Waals surface area contributed by atoms with Crippen molar-refractivity contribution >= 4 is 15.9 Å². The molecular weight excluding hydrogens is 278 g/mol. The number of halogens is 1. The maximum absolute atomic E-state index is 5.73. The lowest BCUT2D eigenvalue weighted by Gasteiger charge is -2.01. The van der Waals surface area contributed by atoms with Crippen LogP contribution in [0.15, 0.2) is 28.7 Å². The molecule has 0 bridgehead atoms. The summed E-state index contributed by atoms with van der Waals surface area (Å²) in [6, 6.07) is 8.03.